The largest absolute Gasteiger partial charge is 0.381 e. The van der Waals surface area contributed by atoms with E-state index in [1.54, 1.807) is 4.68 Å². The summed E-state index contributed by atoms with van der Waals surface area (Å²) >= 11 is 3.27. The lowest BCUT2D eigenvalue weighted by Crippen LogP contribution is -2.57. The maximum Gasteiger partial charge on any atom is 0.131 e. The Morgan fingerprint density at radius 3 is 2.75 bits per heavy atom. The molecule has 1 fully saturated rings. The van der Waals surface area contributed by atoms with Crippen molar-refractivity contribution in [1.29, 1.82) is 0 Å². The number of nitrogens with zero attached hydrogens (tertiary/aromatic N) is 2. The molecule has 2 N–H and O–H groups in total. The van der Waals surface area contributed by atoms with Crippen molar-refractivity contribution in [3.05, 3.63) is 16.4 Å². The SMILES string of the molecule is Cn1nc(Br)cc1C1(O)CNC1. The molecule has 1 aromatic rings. The number of hydrogen-bond acceptors (Lipinski definition) is 3. The molecule has 0 unspecified atom stereocenters. The number of aromatic nitrogens is 2. The van der Waals surface area contributed by atoms with Crippen LogP contribution in [0.2, 0.25) is 0 Å². The predicted molar refractivity (Wildman–Crippen MR) is 47.7 cm³/mol. The number of hydrogen-bond donors (Lipinski definition) is 2. The molecule has 0 saturated carbocycles. The average molecular weight is 232 g/mol. The van der Waals surface area contributed by atoms with Gasteiger partial charge in [0.25, 0.3) is 0 Å². The van der Waals surface area contributed by atoms with Gasteiger partial charge in [0.15, 0.2) is 0 Å². The minimum Gasteiger partial charge on any atom is -0.381 e. The van der Waals surface area contributed by atoms with Crippen molar-refractivity contribution in [3.63, 3.8) is 0 Å². The number of halogens is 1. The summed E-state index contributed by atoms with van der Waals surface area (Å²) in [6.07, 6.45) is 0. The molecule has 0 radical (unpaired) electrons. The number of aliphatic hydroxyl groups is 1. The van der Waals surface area contributed by atoms with Crippen molar-refractivity contribution in [1.82, 2.24) is 15.1 Å². The van der Waals surface area contributed by atoms with E-state index in [-0.39, 0.29) is 0 Å². The first-order chi connectivity index (χ1) is 5.62. The topological polar surface area (TPSA) is 50.1 Å². The summed E-state index contributed by atoms with van der Waals surface area (Å²) in [5, 5.41) is 17.1. The Bertz CT molecular complexity index is 306. The van der Waals surface area contributed by atoms with Crippen LogP contribution in [0.3, 0.4) is 0 Å². The molecule has 4 nitrogen and oxygen atoms in total. The summed E-state index contributed by atoms with van der Waals surface area (Å²) in [7, 11) is 1.83. The fourth-order valence-electron chi connectivity index (χ4n) is 1.41. The van der Waals surface area contributed by atoms with Gasteiger partial charge in [-0.3, -0.25) is 4.68 Å². The van der Waals surface area contributed by atoms with E-state index in [2.05, 4.69) is 26.3 Å². The van der Waals surface area contributed by atoms with Crippen molar-refractivity contribution >= 4 is 15.9 Å². The minimum absolute atomic E-state index is 0.610. The fourth-order valence-corrected chi connectivity index (χ4v) is 1.87. The van der Waals surface area contributed by atoms with E-state index < -0.39 is 5.60 Å². The number of rotatable bonds is 1. The van der Waals surface area contributed by atoms with Crippen LogP contribution in [0, 0.1) is 0 Å². The molecule has 2 heterocycles. The summed E-state index contributed by atoms with van der Waals surface area (Å²) in [6.45, 7) is 1.22. The Labute approximate surface area is 78.7 Å². The van der Waals surface area contributed by atoms with Gasteiger partial charge >= 0.3 is 0 Å². The van der Waals surface area contributed by atoms with Crippen LogP contribution in [0.5, 0.6) is 0 Å². The zero-order valence-electron chi connectivity index (χ0n) is 6.71. The molecule has 0 amide bonds. The van der Waals surface area contributed by atoms with Crippen LogP contribution in [0.4, 0.5) is 0 Å². The van der Waals surface area contributed by atoms with Crippen molar-refractivity contribution in [3.8, 4) is 0 Å². The standard InChI is InChI=1S/C7H10BrN3O/c1-11-5(2-6(8)10-11)7(12)3-9-4-7/h2,9,12H,3-4H2,1H3. The summed E-state index contributed by atoms with van der Waals surface area (Å²) in [5.41, 5.74) is 0.140. The summed E-state index contributed by atoms with van der Waals surface area (Å²) in [4.78, 5) is 0. The van der Waals surface area contributed by atoms with Crippen LogP contribution in [-0.2, 0) is 12.6 Å². The molecule has 0 aliphatic carbocycles. The van der Waals surface area contributed by atoms with Crippen molar-refractivity contribution in [2.45, 2.75) is 5.60 Å². The van der Waals surface area contributed by atoms with Crippen molar-refractivity contribution in [2.24, 2.45) is 7.05 Å². The van der Waals surface area contributed by atoms with Gasteiger partial charge in [-0.25, -0.2) is 0 Å². The molecular weight excluding hydrogens is 222 g/mol. The van der Waals surface area contributed by atoms with Crippen LogP contribution in [0.1, 0.15) is 5.69 Å². The third kappa shape index (κ3) is 1.09. The summed E-state index contributed by atoms with van der Waals surface area (Å²) < 4.78 is 2.46. The van der Waals surface area contributed by atoms with E-state index >= 15 is 0 Å². The lowest BCUT2D eigenvalue weighted by atomic mass is 9.93. The van der Waals surface area contributed by atoms with Crippen molar-refractivity contribution in [2.75, 3.05) is 13.1 Å². The maximum absolute atomic E-state index is 9.93. The van der Waals surface area contributed by atoms with Crippen LogP contribution in [0.15, 0.2) is 10.7 Å². The quantitative estimate of drug-likeness (QED) is 0.715. The maximum atomic E-state index is 9.93. The fraction of sp³-hybridized carbons (Fsp3) is 0.571. The van der Waals surface area contributed by atoms with Gasteiger partial charge in [-0.15, -0.1) is 0 Å². The molecule has 5 heteroatoms. The van der Waals surface area contributed by atoms with Gasteiger partial charge in [-0.05, 0) is 22.0 Å². The van der Waals surface area contributed by atoms with E-state index in [0.717, 1.165) is 10.3 Å². The zero-order valence-corrected chi connectivity index (χ0v) is 8.30. The molecule has 0 aromatic carbocycles. The van der Waals surface area contributed by atoms with E-state index in [4.69, 9.17) is 0 Å². The van der Waals surface area contributed by atoms with Crippen molar-refractivity contribution < 1.29 is 5.11 Å². The minimum atomic E-state index is -0.715. The highest BCUT2D eigenvalue weighted by Crippen LogP contribution is 2.26. The lowest BCUT2D eigenvalue weighted by Gasteiger charge is -2.37. The molecule has 12 heavy (non-hydrogen) atoms. The highest BCUT2D eigenvalue weighted by molar-refractivity contribution is 9.10. The number of β-amino-alcohol motifs (C(OH)–C–C–N with tert-alkyl or cyclic N) is 1. The number of aryl methyl sites for hydroxylation is 1. The van der Waals surface area contributed by atoms with Gasteiger partial charge in [0.2, 0.25) is 0 Å². The van der Waals surface area contributed by atoms with Crippen LogP contribution < -0.4 is 5.32 Å². The molecule has 1 aliphatic heterocycles. The van der Waals surface area contributed by atoms with Crippen LogP contribution >= 0.6 is 15.9 Å². The molecular formula is C7H10BrN3O. The Hall–Kier alpha value is -0.390. The highest BCUT2D eigenvalue weighted by Gasteiger charge is 2.38. The molecule has 1 aliphatic rings. The summed E-state index contributed by atoms with van der Waals surface area (Å²) in [6, 6.07) is 1.85. The Balaban J connectivity index is 2.38. The molecule has 0 atom stereocenters. The van der Waals surface area contributed by atoms with E-state index in [1.807, 2.05) is 13.1 Å². The second-order valence-corrected chi connectivity index (χ2v) is 3.92. The predicted octanol–water partition coefficient (Wildman–Crippen LogP) is -0.0266. The monoisotopic (exact) mass is 231 g/mol. The highest BCUT2D eigenvalue weighted by atomic mass is 79.9. The molecule has 0 spiro atoms. The molecule has 1 aromatic heterocycles. The second kappa shape index (κ2) is 2.55. The average Bonchev–Trinajstić information content (AvgIpc) is 2.25. The van der Waals surface area contributed by atoms with Gasteiger partial charge in [0.1, 0.15) is 10.2 Å². The van der Waals surface area contributed by atoms with Gasteiger partial charge < -0.3 is 10.4 Å². The normalized spacial score (nSPS) is 20.6. The third-order valence-electron chi connectivity index (χ3n) is 2.16. The Morgan fingerprint density at radius 2 is 2.42 bits per heavy atom. The Kier molecular flexibility index (Phi) is 1.75. The smallest absolute Gasteiger partial charge is 0.131 e. The second-order valence-electron chi connectivity index (χ2n) is 3.11. The molecule has 0 bridgehead atoms. The Morgan fingerprint density at radius 1 is 1.75 bits per heavy atom. The van der Waals surface area contributed by atoms with Gasteiger partial charge in [-0.1, -0.05) is 0 Å². The lowest BCUT2D eigenvalue weighted by molar-refractivity contribution is -0.0217. The number of nitrogens with one attached hydrogen (secondary N) is 1. The molecule has 66 valence electrons. The van der Waals surface area contributed by atoms with Crippen LogP contribution in [0.25, 0.3) is 0 Å². The first-order valence-electron chi connectivity index (χ1n) is 3.75. The van der Waals surface area contributed by atoms with E-state index in [1.165, 1.54) is 0 Å². The van der Waals surface area contributed by atoms with Crippen LogP contribution in [-0.4, -0.2) is 28.0 Å². The molecule has 2 rings (SSSR count). The van der Waals surface area contributed by atoms with Gasteiger partial charge in [-0.2, -0.15) is 5.10 Å². The van der Waals surface area contributed by atoms with Gasteiger partial charge in [0, 0.05) is 20.1 Å². The molecule has 1 saturated heterocycles. The van der Waals surface area contributed by atoms with E-state index in [9.17, 15) is 5.11 Å². The first kappa shape index (κ1) is 8.22. The van der Waals surface area contributed by atoms with Gasteiger partial charge in [0.05, 0.1) is 5.69 Å². The zero-order chi connectivity index (χ0) is 8.77. The summed E-state index contributed by atoms with van der Waals surface area (Å²) in [5.74, 6) is 0. The van der Waals surface area contributed by atoms with E-state index in [0.29, 0.717) is 13.1 Å². The third-order valence-corrected chi connectivity index (χ3v) is 2.55. The first-order valence-corrected chi connectivity index (χ1v) is 4.54.